The number of hydrogen-bond acceptors (Lipinski definition) is 6. The number of halogens is 2. The number of hydrogen-bond donors (Lipinski definition) is 1. The molecule has 1 N–H and O–H groups in total. The van der Waals surface area contributed by atoms with E-state index < -0.39 is 18.1 Å². The van der Waals surface area contributed by atoms with Crippen molar-refractivity contribution in [1.29, 1.82) is 0 Å². The van der Waals surface area contributed by atoms with Crippen molar-refractivity contribution in [3.63, 3.8) is 0 Å². The monoisotopic (exact) mass is 418 g/mol. The predicted molar refractivity (Wildman–Crippen MR) is 104 cm³/mol. The van der Waals surface area contributed by atoms with Gasteiger partial charge in [0.1, 0.15) is 0 Å². The van der Waals surface area contributed by atoms with Crippen molar-refractivity contribution in [2.24, 2.45) is 5.16 Å². The van der Waals surface area contributed by atoms with E-state index in [-0.39, 0.29) is 18.1 Å². The number of rotatable bonds is 7. The molecule has 9 heteroatoms. The summed E-state index contributed by atoms with van der Waals surface area (Å²) in [6.07, 6.45) is 1.27. The molecule has 2 aromatic carbocycles. The summed E-state index contributed by atoms with van der Waals surface area (Å²) in [5.41, 5.74) is 1.43. The van der Waals surface area contributed by atoms with Gasteiger partial charge in [0.05, 0.1) is 18.9 Å². The summed E-state index contributed by atoms with van der Waals surface area (Å²) >= 11 is 0. The Bertz CT molecular complexity index is 930. The average Bonchev–Trinajstić information content (AvgIpc) is 3.37. The molecule has 1 saturated heterocycles. The van der Waals surface area contributed by atoms with E-state index in [2.05, 4.69) is 15.2 Å². The van der Waals surface area contributed by atoms with Crippen LogP contribution in [-0.2, 0) is 14.4 Å². The second-order valence-corrected chi connectivity index (χ2v) is 7.03. The van der Waals surface area contributed by atoms with Crippen molar-refractivity contribution in [1.82, 2.24) is 0 Å². The summed E-state index contributed by atoms with van der Waals surface area (Å²) < 4.78 is 41.0. The zero-order valence-corrected chi connectivity index (χ0v) is 16.0. The Labute approximate surface area is 171 Å². The largest absolute Gasteiger partial charge is 0.480 e. The third-order valence-corrected chi connectivity index (χ3v) is 4.82. The van der Waals surface area contributed by atoms with Crippen LogP contribution in [0.1, 0.15) is 18.4 Å². The first-order chi connectivity index (χ1) is 14.5. The van der Waals surface area contributed by atoms with Gasteiger partial charge < -0.3 is 24.4 Å². The minimum atomic E-state index is -3.03. The van der Waals surface area contributed by atoms with Crippen LogP contribution in [0.5, 0.6) is 11.5 Å². The maximum atomic E-state index is 12.8. The van der Waals surface area contributed by atoms with Crippen molar-refractivity contribution in [3.05, 3.63) is 54.1 Å². The van der Waals surface area contributed by atoms with E-state index >= 15 is 0 Å². The lowest BCUT2D eigenvalue weighted by atomic mass is 9.93. The number of nitrogens with zero attached hydrogens (tertiary/aromatic N) is 1. The van der Waals surface area contributed by atoms with E-state index in [9.17, 15) is 13.6 Å². The molecule has 0 bridgehead atoms. The zero-order chi connectivity index (χ0) is 21.0. The fourth-order valence-electron chi connectivity index (χ4n) is 3.33. The third kappa shape index (κ3) is 4.68. The molecule has 0 saturated carbocycles. The van der Waals surface area contributed by atoms with Crippen LogP contribution < -0.4 is 14.8 Å². The van der Waals surface area contributed by atoms with Crippen molar-refractivity contribution in [2.45, 2.75) is 25.1 Å². The van der Waals surface area contributed by atoms with Crippen molar-refractivity contribution < 1.29 is 32.6 Å². The molecule has 7 nitrogen and oxygen atoms in total. The van der Waals surface area contributed by atoms with Crippen LogP contribution in [0.4, 0.5) is 14.5 Å². The number of para-hydroxylation sites is 1. The Kier molecular flexibility index (Phi) is 5.80. The van der Waals surface area contributed by atoms with Gasteiger partial charge in [-0.1, -0.05) is 23.4 Å². The minimum absolute atomic E-state index is 0.0160. The summed E-state index contributed by atoms with van der Waals surface area (Å²) in [7, 11) is 0. The SMILES string of the molecule is O=C(COc1cc(C2=NOC3(CCOC3)C2)ccc1OC(F)F)Nc1ccccc1. The van der Waals surface area contributed by atoms with Gasteiger partial charge in [0.2, 0.25) is 0 Å². The summed E-state index contributed by atoms with van der Waals surface area (Å²) in [4.78, 5) is 17.7. The fraction of sp³-hybridized carbons (Fsp3) is 0.333. The topological polar surface area (TPSA) is 78.4 Å². The Balaban J connectivity index is 1.47. The number of carbonyl (C=O) groups is 1. The van der Waals surface area contributed by atoms with E-state index in [1.54, 1.807) is 30.3 Å². The van der Waals surface area contributed by atoms with Gasteiger partial charge in [-0.3, -0.25) is 4.79 Å². The Morgan fingerprint density at radius 2 is 2.03 bits per heavy atom. The maximum absolute atomic E-state index is 12.8. The highest BCUT2D eigenvalue weighted by Gasteiger charge is 2.43. The van der Waals surface area contributed by atoms with Gasteiger partial charge in [-0.2, -0.15) is 8.78 Å². The first-order valence-corrected chi connectivity index (χ1v) is 9.43. The van der Waals surface area contributed by atoms with Crippen LogP contribution in [0.25, 0.3) is 0 Å². The second kappa shape index (κ2) is 8.66. The van der Waals surface area contributed by atoms with E-state index in [0.29, 0.717) is 36.6 Å². The summed E-state index contributed by atoms with van der Waals surface area (Å²) in [5, 5.41) is 6.80. The number of alkyl halides is 2. The van der Waals surface area contributed by atoms with Crippen LogP contribution in [0.3, 0.4) is 0 Å². The quantitative estimate of drug-likeness (QED) is 0.744. The van der Waals surface area contributed by atoms with Crippen LogP contribution in [-0.4, -0.2) is 43.7 Å². The van der Waals surface area contributed by atoms with Gasteiger partial charge in [-0.25, -0.2) is 0 Å². The number of benzene rings is 2. The first kappa shape index (κ1) is 20.1. The normalized spacial score (nSPS) is 20.2. The molecule has 0 aliphatic carbocycles. The lowest BCUT2D eigenvalue weighted by Gasteiger charge is -2.17. The molecule has 1 amide bonds. The molecule has 2 heterocycles. The molecular formula is C21H20F2N2O5. The molecule has 0 radical (unpaired) electrons. The summed E-state index contributed by atoms with van der Waals surface area (Å²) in [5.74, 6) is -0.583. The van der Waals surface area contributed by atoms with Crippen LogP contribution in [0.2, 0.25) is 0 Å². The number of ether oxygens (including phenoxy) is 3. The van der Waals surface area contributed by atoms with Crippen LogP contribution in [0.15, 0.2) is 53.7 Å². The van der Waals surface area contributed by atoms with E-state index in [0.717, 1.165) is 6.42 Å². The fourth-order valence-corrected chi connectivity index (χ4v) is 3.33. The number of anilines is 1. The van der Waals surface area contributed by atoms with Crippen LogP contribution in [0, 0.1) is 0 Å². The maximum Gasteiger partial charge on any atom is 0.387 e. The Hall–Kier alpha value is -3.20. The lowest BCUT2D eigenvalue weighted by Crippen LogP contribution is -2.29. The molecule has 1 spiro atoms. The molecule has 2 aliphatic rings. The molecule has 1 atom stereocenters. The van der Waals surface area contributed by atoms with Gasteiger partial charge in [0.15, 0.2) is 23.7 Å². The second-order valence-electron chi connectivity index (χ2n) is 7.03. The molecule has 4 rings (SSSR count). The molecule has 158 valence electrons. The number of amides is 1. The molecule has 1 unspecified atom stereocenters. The Morgan fingerprint density at radius 3 is 2.77 bits per heavy atom. The van der Waals surface area contributed by atoms with E-state index in [1.807, 2.05) is 6.07 Å². The van der Waals surface area contributed by atoms with Crippen molar-refractivity contribution >= 4 is 17.3 Å². The van der Waals surface area contributed by atoms with Crippen molar-refractivity contribution in [2.75, 3.05) is 25.1 Å². The molecule has 2 aromatic rings. The lowest BCUT2D eigenvalue weighted by molar-refractivity contribution is -0.118. The zero-order valence-electron chi connectivity index (χ0n) is 16.0. The van der Waals surface area contributed by atoms with Gasteiger partial charge >= 0.3 is 6.61 Å². The van der Waals surface area contributed by atoms with Gasteiger partial charge in [0, 0.05) is 24.1 Å². The highest BCUT2D eigenvalue weighted by molar-refractivity contribution is 6.02. The molecule has 30 heavy (non-hydrogen) atoms. The molecular weight excluding hydrogens is 398 g/mol. The van der Waals surface area contributed by atoms with Gasteiger partial charge in [-0.05, 0) is 30.3 Å². The smallest absolute Gasteiger partial charge is 0.387 e. The number of carbonyl (C=O) groups excluding carboxylic acids is 1. The average molecular weight is 418 g/mol. The Morgan fingerprint density at radius 1 is 1.20 bits per heavy atom. The molecule has 0 aromatic heterocycles. The van der Waals surface area contributed by atoms with Gasteiger partial charge in [-0.15, -0.1) is 0 Å². The molecule has 1 fully saturated rings. The third-order valence-electron chi connectivity index (χ3n) is 4.82. The highest BCUT2D eigenvalue weighted by Crippen LogP contribution is 2.36. The van der Waals surface area contributed by atoms with Crippen LogP contribution >= 0.6 is 0 Å². The first-order valence-electron chi connectivity index (χ1n) is 9.43. The summed E-state index contributed by atoms with van der Waals surface area (Å²) in [6.45, 7) is -2.34. The van der Waals surface area contributed by atoms with Crippen molar-refractivity contribution in [3.8, 4) is 11.5 Å². The van der Waals surface area contributed by atoms with E-state index in [1.165, 1.54) is 12.1 Å². The predicted octanol–water partition coefficient (Wildman–Crippen LogP) is 3.59. The minimum Gasteiger partial charge on any atom is -0.480 e. The number of oxime groups is 1. The number of nitrogens with one attached hydrogen (secondary N) is 1. The highest BCUT2D eigenvalue weighted by atomic mass is 19.3. The van der Waals surface area contributed by atoms with E-state index in [4.69, 9.17) is 14.3 Å². The summed E-state index contributed by atoms with van der Waals surface area (Å²) in [6, 6.07) is 13.3. The molecule has 2 aliphatic heterocycles. The standard InChI is InChI=1S/C21H20F2N2O5/c22-20(23)29-17-7-6-14(16-11-21(30-25-16)8-9-27-13-21)10-18(17)28-12-19(26)24-15-4-2-1-3-5-15/h1-7,10,20H,8-9,11-13H2,(H,24,26). The van der Waals surface area contributed by atoms with Gasteiger partial charge in [0.25, 0.3) is 5.91 Å².